The summed E-state index contributed by atoms with van der Waals surface area (Å²) in [5, 5.41) is 2.06. The summed E-state index contributed by atoms with van der Waals surface area (Å²) in [5.41, 5.74) is 6.08. The molecule has 0 bridgehead atoms. The van der Waals surface area contributed by atoms with Crippen molar-refractivity contribution in [2.45, 2.75) is 6.92 Å². The molecule has 0 aliphatic carbocycles. The second kappa shape index (κ2) is 15.7. The minimum Gasteiger partial charge on any atom is -0.453 e. The molecule has 0 aliphatic heterocycles. The molecule has 0 aromatic heterocycles. The first kappa shape index (κ1) is 16.0. The van der Waals surface area contributed by atoms with Crippen LogP contribution in [-0.4, -0.2) is 13.1 Å². The van der Waals surface area contributed by atoms with Crippen LogP contribution in [0.25, 0.3) is 5.73 Å². The quantitative estimate of drug-likeness (QED) is 0.315. The Morgan fingerprint density at radius 3 is 1.75 bits per heavy atom. The first-order valence-electron chi connectivity index (χ1n) is 1.91. The van der Waals surface area contributed by atoms with Crippen LogP contribution in [0.5, 0.6) is 0 Å². The Morgan fingerprint density at radius 1 is 1.62 bits per heavy atom. The fourth-order valence-corrected chi connectivity index (χ4v) is 0. The predicted molar refractivity (Wildman–Crippen MR) is 29.8 cm³/mol. The number of carbonyl (C=O) groups is 1. The predicted octanol–water partition coefficient (Wildman–Crippen LogP) is -1.78. The Hall–Kier alpha value is 0.906. The molecule has 0 heterocycles. The van der Waals surface area contributed by atoms with Gasteiger partial charge in [0, 0.05) is 0 Å². The Labute approximate surface area is 92.8 Å². The number of hydrogen-bond acceptors (Lipinski definition) is 1. The van der Waals surface area contributed by atoms with E-state index in [-0.39, 0.29) is 51.4 Å². The Morgan fingerprint density at radius 2 is 1.75 bits per heavy atom. The molecule has 4 heteroatoms. The van der Waals surface area contributed by atoms with Crippen LogP contribution in [0.15, 0.2) is 0 Å². The fraction of sp³-hybridized carbons (Fsp3) is 0.500. The first-order chi connectivity index (χ1) is 3.27. The van der Waals surface area contributed by atoms with E-state index in [9.17, 15) is 4.79 Å². The van der Waals surface area contributed by atoms with Gasteiger partial charge >= 0.3 is 51.4 Å². The molecular formula is C4H10KN2O-. The molecular weight excluding hydrogens is 131 g/mol. The smallest absolute Gasteiger partial charge is 0.453 e. The average Bonchev–Trinajstić information content (AvgIpc) is 1.73. The van der Waals surface area contributed by atoms with Gasteiger partial charge in [-0.25, -0.2) is 0 Å². The topological polar surface area (TPSA) is 52.9 Å². The molecule has 44 valence electrons. The van der Waals surface area contributed by atoms with E-state index in [1.165, 1.54) is 7.05 Å². The van der Waals surface area contributed by atoms with Crippen LogP contribution in [0.1, 0.15) is 6.92 Å². The van der Waals surface area contributed by atoms with E-state index in [1.807, 2.05) is 0 Å². The number of hydrogen-bond donors (Lipinski definition) is 1. The van der Waals surface area contributed by atoms with Crippen LogP contribution in [0.3, 0.4) is 0 Å². The van der Waals surface area contributed by atoms with E-state index in [1.54, 1.807) is 6.92 Å². The third kappa shape index (κ3) is 28.5. The van der Waals surface area contributed by atoms with E-state index >= 15 is 0 Å². The zero-order chi connectivity index (χ0) is 6.28. The van der Waals surface area contributed by atoms with Crippen molar-refractivity contribution in [3.63, 3.8) is 0 Å². The summed E-state index contributed by atoms with van der Waals surface area (Å²) >= 11 is 0. The van der Waals surface area contributed by atoms with Gasteiger partial charge in [0.15, 0.2) is 0 Å². The molecule has 0 fully saturated rings. The summed E-state index contributed by atoms with van der Waals surface area (Å²) in [6, 6.07) is -0.745. The van der Waals surface area contributed by atoms with Crippen LogP contribution >= 0.6 is 0 Å². The van der Waals surface area contributed by atoms with Gasteiger partial charge in [0.2, 0.25) is 0 Å². The van der Waals surface area contributed by atoms with Crippen molar-refractivity contribution in [1.29, 1.82) is 0 Å². The molecule has 0 aromatic carbocycles. The standard InChI is InChI=1S/C2H6N2O.C2H5.K/c1-4-2(3)5;1-2;/h1H3,(H3,3,4,5);1H2,2H3;/q;-1;+1/p-1. The average molecular weight is 141 g/mol. The summed E-state index contributed by atoms with van der Waals surface area (Å²) in [6.07, 6.45) is 0. The van der Waals surface area contributed by atoms with Gasteiger partial charge in [0.1, 0.15) is 6.03 Å². The van der Waals surface area contributed by atoms with Crippen LogP contribution in [0, 0.1) is 6.92 Å². The molecule has 0 unspecified atom stereocenters. The third-order valence-corrected chi connectivity index (χ3v) is 0.227. The van der Waals surface area contributed by atoms with Crippen molar-refractivity contribution in [2.75, 3.05) is 7.05 Å². The van der Waals surface area contributed by atoms with E-state index in [2.05, 4.69) is 12.2 Å². The van der Waals surface area contributed by atoms with Gasteiger partial charge in [-0.15, -0.1) is 0 Å². The number of urea groups is 1. The summed E-state index contributed by atoms with van der Waals surface area (Å²) < 4.78 is 0. The maximum Gasteiger partial charge on any atom is 1.00 e. The normalized spacial score (nSPS) is 4.88. The summed E-state index contributed by atoms with van der Waals surface area (Å²) in [7, 11) is 1.41. The van der Waals surface area contributed by atoms with Crippen molar-refractivity contribution in [3.8, 4) is 0 Å². The maximum absolute atomic E-state index is 9.37. The molecule has 8 heavy (non-hydrogen) atoms. The van der Waals surface area contributed by atoms with Crippen LogP contribution in [0.2, 0.25) is 0 Å². The Bertz CT molecular complexity index is 49.3. The number of carbonyl (C=O) groups excluding carboxylic acids is 1. The minimum absolute atomic E-state index is 0. The SMILES string of the molecule is CNC([NH-])=O.[CH2-]C.[K+]. The third-order valence-electron chi connectivity index (χ3n) is 0.227. The summed E-state index contributed by atoms with van der Waals surface area (Å²) in [5.74, 6) is 0. The van der Waals surface area contributed by atoms with Crippen molar-refractivity contribution in [1.82, 2.24) is 5.32 Å². The second-order valence-corrected chi connectivity index (χ2v) is 0.579. The van der Waals surface area contributed by atoms with Crippen LogP contribution < -0.4 is 56.7 Å². The van der Waals surface area contributed by atoms with Crippen molar-refractivity contribution < 1.29 is 56.2 Å². The molecule has 2 N–H and O–H groups in total. The van der Waals surface area contributed by atoms with Crippen LogP contribution in [0.4, 0.5) is 4.79 Å². The monoisotopic (exact) mass is 141 g/mol. The zero-order valence-corrected chi connectivity index (χ0v) is 8.74. The molecule has 3 nitrogen and oxygen atoms in total. The summed E-state index contributed by atoms with van der Waals surface area (Å²) in [4.78, 5) is 9.37. The van der Waals surface area contributed by atoms with Gasteiger partial charge < -0.3 is 18.0 Å². The molecule has 0 spiro atoms. The van der Waals surface area contributed by atoms with Gasteiger partial charge in [-0.3, -0.25) is 4.79 Å². The molecule has 0 aromatic rings. The molecule has 2 amide bonds. The van der Waals surface area contributed by atoms with E-state index < -0.39 is 6.03 Å². The molecule has 0 radical (unpaired) electrons. The van der Waals surface area contributed by atoms with Gasteiger partial charge in [0.25, 0.3) is 0 Å². The fourth-order valence-electron chi connectivity index (χ4n) is 0. The molecule has 0 rings (SSSR count). The van der Waals surface area contributed by atoms with Gasteiger partial charge in [-0.1, -0.05) is 7.05 Å². The maximum atomic E-state index is 9.37. The van der Waals surface area contributed by atoms with Gasteiger partial charge in [-0.05, 0) is 0 Å². The Kier molecular flexibility index (Phi) is 31.3. The minimum atomic E-state index is -0.745. The largest absolute Gasteiger partial charge is 1.00 e. The molecule has 0 saturated carbocycles. The van der Waals surface area contributed by atoms with Crippen molar-refractivity contribution in [3.05, 3.63) is 12.7 Å². The van der Waals surface area contributed by atoms with E-state index in [0.717, 1.165) is 0 Å². The van der Waals surface area contributed by atoms with Gasteiger partial charge in [-0.2, -0.15) is 6.92 Å². The number of rotatable bonds is 0. The van der Waals surface area contributed by atoms with E-state index in [4.69, 9.17) is 5.73 Å². The molecule has 0 atom stereocenters. The zero-order valence-electron chi connectivity index (χ0n) is 5.62. The molecule has 0 aliphatic rings. The van der Waals surface area contributed by atoms with Gasteiger partial charge in [0.05, 0.1) is 0 Å². The van der Waals surface area contributed by atoms with Crippen molar-refractivity contribution >= 4 is 6.03 Å². The van der Waals surface area contributed by atoms with Crippen molar-refractivity contribution in [2.24, 2.45) is 0 Å². The van der Waals surface area contributed by atoms with Crippen LogP contribution in [-0.2, 0) is 0 Å². The number of amides is 2. The Balaban J connectivity index is -0.0000000750. The number of nitrogens with one attached hydrogen (secondary N) is 2. The first-order valence-corrected chi connectivity index (χ1v) is 1.91. The summed E-state index contributed by atoms with van der Waals surface area (Å²) in [6.45, 7) is 5.00. The molecule has 0 saturated heterocycles. The van der Waals surface area contributed by atoms with E-state index in [0.29, 0.717) is 0 Å². The second-order valence-electron chi connectivity index (χ2n) is 0.579.